The van der Waals surface area contributed by atoms with Crippen molar-refractivity contribution in [3.8, 4) is 0 Å². The van der Waals surface area contributed by atoms with E-state index in [1.54, 1.807) is 6.20 Å². The predicted octanol–water partition coefficient (Wildman–Crippen LogP) is 3.40. The number of amides is 2. The summed E-state index contributed by atoms with van der Waals surface area (Å²) in [5.74, 6) is 0.716. The van der Waals surface area contributed by atoms with Gasteiger partial charge < -0.3 is 10.2 Å². The maximum atomic E-state index is 12.7. The number of carbonyl (C=O) groups is 1. The van der Waals surface area contributed by atoms with Crippen molar-refractivity contribution in [3.63, 3.8) is 0 Å². The Hall–Kier alpha value is -2.30. The smallest absolute Gasteiger partial charge is 0.318 e. The molecule has 5 heteroatoms. The van der Waals surface area contributed by atoms with E-state index in [0.29, 0.717) is 24.5 Å². The van der Waals surface area contributed by atoms with Crippen LogP contribution in [0, 0.1) is 5.92 Å². The molecule has 25 heavy (non-hydrogen) atoms. The van der Waals surface area contributed by atoms with Gasteiger partial charge in [0.05, 0.1) is 6.54 Å². The van der Waals surface area contributed by atoms with Gasteiger partial charge in [-0.2, -0.15) is 5.10 Å². The molecule has 1 unspecified atom stereocenters. The number of rotatable bonds is 7. The first-order chi connectivity index (χ1) is 12.2. The van der Waals surface area contributed by atoms with Crippen LogP contribution >= 0.6 is 0 Å². The van der Waals surface area contributed by atoms with E-state index in [-0.39, 0.29) is 6.03 Å². The lowest BCUT2D eigenvalue weighted by atomic mass is 10.1. The Bertz CT molecular complexity index is 702. The van der Waals surface area contributed by atoms with Crippen LogP contribution in [0.15, 0.2) is 42.7 Å². The predicted molar refractivity (Wildman–Crippen MR) is 97.1 cm³/mol. The van der Waals surface area contributed by atoms with E-state index >= 15 is 0 Å². The molecular formula is C20H26N4O. The van der Waals surface area contributed by atoms with Gasteiger partial charge in [0.2, 0.25) is 0 Å². The average molecular weight is 338 g/mol. The lowest BCUT2D eigenvalue weighted by Crippen LogP contribution is -2.47. The molecule has 1 aromatic heterocycles. The maximum absolute atomic E-state index is 12.7. The zero-order valence-corrected chi connectivity index (χ0v) is 14.8. The highest BCUT2D eigenvalue weighted by molar-refractivity contribution is 5.75. The third-order valence-corrected chi connectivity index (χ3v) is 5.29. The number of carbonyl (C=O) groups excluding carboxylic acids is 1. The van der Waals surface area contributed by atoms with Crippen molar-refractivity contribution in [2.75, 3.05) is 0 Å². The third-order valence-electron chi connectivity index (χ3n) is 5.29. The second-order valence-electron chi connectivity index (χ2n) is 7.40. The minimum Gasteiger partial charge on any atom is -0.334 e. The van der Waals surface area contributed by atoms with Crippen LogP contribution in [0.3, 0.4) is 0 Å². The number of hydrogen-bond acceptors (Lipinski definition) is 2. The Kier molecular flexibility index (Phi) is 4.47. The summed E-state index contributed by atoms with van der Waals surface area (Å²) >= 11 is 0. The molecule has 0 aliphatic heterocycles. The quantitative estimate of drug-likeness (QED) is 0.841. The van der Waals surface area contributed by atoms with Gasteiger partial charge in [0, 0.05) is 31.0 Å². The van der Waals surface area contributed by atoms with E-state index in [2.05, 4.69) is 46.5 Å². The van der Waals surface area contributed by atoms with Gasteiger partial charge in [-0.25, -0.2) is 4.79 Å². The molecule has 2 amide bonds. The second-order valence-corrected chi connectivity index (χ2v) is 7.40. The van der Waals surface area contributed by atoms with Crippen LogP contribution in [0.5, 0.6) is 0 Å². The van der Waals surface area contributed by atoms with Crippen molar-refractivity contribution in [3.05, 3.63) is 53.9 Å². The molecule has 1 atom stereocenters. The van der Waals surface area contributed by atoms with Crippen molar-refractivity contribution in [1.82, 2.24) is 20.0 Å². The number of benzene rings is 1. The van der Waals surface area contributed by atoms with Crippen LogP contribution in [0.4, 0.5) is 4.79 Å². The summed E-state index contributed by atoms with van der Waals surface area (Å²) in [5.41, 5.74) is 2.34. The van der Waals surface area contributed by atoms with Crippen molar-refractivity contribution >= 4 is 6.03 Å². The molecule has 0 saturated heterocycles. The Labute approximate surface area is 149 Å². The highest BCUT2D eigenvalue weighted by atomic mass is 16.2. The van der Waals surface area contributed by atoms with Gasteiger partial charge in [0.25, 0.3) is 0 Å². The van der Waals surface area contributed by atoms with Crippen LogP contribution < -0.4 is 5.32 Å². The second kappa shape index (κ2) is 6.90. The van der Waals surface area contributed by atoms with Crippen molar-refractivity contribution in [2.24, 2.45) is 5.92 Å². The zero-order valence-electron chi connectivity index (χ0n) is 14.8. The van der Waals surface area contributed by atoms with Gasteiger partial charge in [0.1, 0.15) is 0 Å². The third kappa shape index (κ3) is 4.03. The summed E-state index contributed by atoms with van der Waals surface area (Å²) in [4.78, 5) is 14.8. The largest absolute Gasteiger partial charge is 0.334 e. The van der Waals surface area contributed by atoms with E-state index in [1.165, 1.54) is 18.4 Å². The normalized spacial score (nSPS) is 18.0. The van der Waals surface area contributed by atoms with Gasteiger partial charge >= 0.3 is 6.03 Å². The number of hydrogen-bond donors (Lipinski definition) is 1. The first-order valence-electron chi connectivity index (χ1n) is 9.32. The lowest BCUT2D eigenvalue weighted by Gasteiger charge is -2.29. The van der Waals surface area contributed by atoms with Gasteiger partial charge in [-0.1, -0.05) is 24.3 Å². The van der Waals surface area contributed by atoms with Gasteiger partial charge in [-0.15, -0.1) is 0 Å². The molecule has 2 saturated carbocycles. The fourth-order valence-corrected chi connectivity index (χ4v) is 3.45. The monoisotopic (exact) mass is 338 g/mol. The Balaban J connectivity index is 1.31. The average Bonchev–Trinajstić information content (AvgIpc) is 3.54. The molecule has 2 aliphatic carbocycles. The van der Waals surface area contributed by atoms with Crippen LogP contribution in [-0.4, -0.2) is 32.8 Å². The molecule has 4 rings (SSSR count). The van der Waals surface area contributed by atoms with Crippen LogP contribution in [0.25, 0.3) is 0 Å². The van der Waals surface area contributed by atoms with Crippen LogP contribution in [0.1, 0.15) is 43.7 Å². The molecule has 1 N–H and O–H groups in total. The minimum absolute atomic E-state index is 0.0996. The highest BCUT2D eigenvalue weighted by Gasteiger charge is 2.41. The molecule has 132 valence electrons. The number of urea groups is 1. The van der Waals surface area contributed by atoms with Gasteiger partial charge in [-0.3, -0.25) is 4.68 Å². The summed E-state index contributed by atoms with van der Waals surface area (Å²) in [7, 11) is 0. The zero-order chi connectivity index (χ0) is 17.2. The van der Waals surface area contributed by atoms with E-state index in [9.17, 15) is 4.79 Å². The molecule has 0 radical (unpaired) electrons. The first kappa shape index (κ1) is 16.2. The summed E-state index contributed by atoms with van der Waals surface area (Å²) in [6.07, 6.45) is 8.61. The number of nitrogens with zero attached hydrogens (tertiary/aromatic N) is 3. The summed E-state index contributed by atoms with van der Waals surface area (Å²) in [5, 5.41) is 7.34. The minimum atomic E-state index is 0.0996. The molecule has 1 aromatic carbocycles. The molecule has 2 aromatic rings. The molecule has 5 nitrogen and oxygen atoms in total. The molecule has 0 spiro atoms. The topological polar surface area (TPSA) is 50.2 Å². The Morgan fingerprint density at radius 3 is 2.56 bits per heavy atom. The lowest BCUT2D eigenvalue weighted by molar-refractivity contribution is 0.166. The molecule has 2 fully saturated rings. The number of nitrogens with one attached hydrogen (secondary N) is 1. The van der Waals surface area contributed by atoms with E-state index in [4.69, 9.17) is 0 Å². The number of aromatic nitrogens is 2. The van der Waals surface area contributed by atoms with Crippen molar-refractivity contribution in [2.45, 2.75) is 57.8 Å². The van der Waals surface area contributed by atoms with Crippen molar-refractivity contribution < 1.29 is 4.79 Å². The van der Waals surface area contributed by atoms with E-state index in [0.717, 1.165) is 24.9 Å². The maximum Gasteiger partial charge on any atom is 0.318 e. The van der Waals surface area contributed by atoms with E-state index < -0.39 is 0 Å². The summed E-state index contributed by atoms with van der Waals surface area (Å²) < 4.78 is 1.91. The van der Waals surface area contributed by atoms with Gasteiger partial charge in [0.15, 0.2) is 0 Å². The fourth-order valence-electron chi connectivity index (χ4n) is 3.45. The van der Waals surface area contributed by atoms with Gasteiger partial charge in [-0.05, 0) is 55.7 Å². The van der Waals surface area contributed by atoms with E-state index in [1.807, 2.05) is 16.9 Å². The molecule has 1 heterocycles. The van der Waals surface area contributed by atoms with Crippen LogP contribution in [0.2, 0.25) is 0 Å². The fraction of sp³-hybridized carbons (Fsp3) is 0.500. The molecule has 0 bridgehead atoms. The molecule has 2 aliphatic rings. The first-order valence-corrected chi connectivity index (χ1v) is 9.32. The SMILES string of the molecule is CC(C1CC1)N(C(=O)NCc1ccc(Cn2cccn2)cc1)C1CC1. The highest BCUT2D eigenvalue weighted by Crippen LogP contribution is 2.39. The standard InChI is InChI=1S/C20H26N4O/c1-15(18-7-8-18)24(19-9-10-19)20(25)21-13-16-3-5-17(6-4-16)14-23-12-2-11-22-23/h2-6,11-12,15,18-19H,7-10,13-14H2,1H3,(H,21,25). The summed E-state index contributed by atoms with van der Waals surface area (Å²) in [6, 6.07) is 11.3. The Morgan fingerprint density at radius 1 is 1.24 bits per heavy atom. The van der Waals surface area contributed by atoms with Crippen LogP contribution in [-0.2, 0) is 13.1 Å². The van der Waals surface area contributed by atoms with Crippen molar-refractivity contribution in [1.29, 1.82) is 0 Å². The Morgan fingerprint density at radius 2 is 1.96 bits per heavy atom. The summed E-state index contributed by atoms with van der Waals surface area (Å²) in [6.45, 7) is 3.56. The molecular weight excluding hydrogens is 312 g/mol.